The number of methoxy groups -OCH3 is 4. The van der Waals surface area contributed by atoms with Crippen molar-refractivity contribution in [2.24, 2.45) is 0 Å². The highest BCUT2D eigenvalue weighted by Crippen LogP contribution is 2.70. The predicted molar refractivity (Wildman–Crippen MR) is 128 cm³/mol. The zero-order valence-corrected chi connectivity index (χ0v) is 21.5. The van der Waals surface area contributed by atoms with Gasteiger partial charge in [-0.05, 0) is 25.7 Å². The van der Waals surface area contributed by atoms with E-state index in [0.717, 1.165) is 78.8 Å². The Balaban J connectivity index is 2.54. The summed E-state index contributed by atoms with van der Waals surface area (Å²) in [6.45, 7) is 11.2. The molecule has 0 aromatic rings. The Morgan fingerprint density at radius 3 is 1.06 bits per heavy atom. The van der Waals surface area contributed by atoms with Gasteiger partial charge in [0.05, 0.1) is 52.6 Å². The molecular weight excluding hydrogens is 415 g/mol. The van der Waals surface area contributed by atoms with Crippen LogP contribution in [-0.2, 0) is 18.9 Å². The lowest BCUT2D eigenvalue weighted by molar-refractivity contribution is 0.110. The summed E-state index contributed by atoms with van der Waals surface area (Å²) >= 11 is 0. The van der Waals surface area contributed by atoms with Crippen molar-refractivity contribution in [2.45, 2.75) is 38.5 Å². The van der Waals surface area contributed by atoms with Crippen LogP contribution in [0.4, 0.5) is 0 Å². The van der Waals surface area contributed by atoms with Crippen molar-refractivity contribution in [3.8, 4) is 0 Å². The lowest BCUT2D eigenvalue weighted by Gasteiger charge is -2.53. The van der Waals surface area contributed by atoms with Crippen LogP contribution in [0.5, 0.6) is 0 Å². The fourth-order valence-corrected chi connectivity index (χ4v) is 10.1. The standard InChI is InChI=1S/C22H48N4O4P/c1-27-19-15-25(16-20-28-2)31(23-11-7-5-8-12-23,24-13-9-6-10-14-24)26(17-21-29-3)18-22-30-4/h5-22H2,1-4H3/q+1. The van der Waals surface area contributed by atoms with Gasteiger partial charge in [-0.3, -0.25) is 0 Å². The van der Waals surface area contributed by atoms with Crippen molar-refractivity contribution in [3.05, 3.63) is 0 Å². The SMILES string of the molecule is COCCN(CCOC)[P+](N1CCCCC1)(N1CCCCC1)N(CCOC)CCOC. The van der Waals surface area contributed by atoms with Crippen LogP contribution in [-0.4, -0.2) is 126 Å². The van der Waals surface area contributed by atoms with Gasteiger partial charge in [0.1, 0.15) is 0 Å². The monoisotopic (exact) mass is 463 g/mol. The Morgan fingerprint density at radius 1 is 0.516 bits per heavy atom. The molecule has 0 spiro atoms. The molecule has 2 heterocycles. The average molecular weight is 464 g/mol. The predicted octanol–water partition coefficient (Wildman–Crippen LogP) is 2.83. The van der Waals surface area contributed by atoms with Crippen LogP contribution in [0, 0.1) is 0 Å². The second-order valence-electron chi connectivity index (χ2n) is 8.44. The Hall–Kier alpha value is 0.110. The Kier molecular flexibility index (Phi) is 14.0. The van der Waals surface area contributed by atoms with Gasteiger partial charge in [-0.15, -0.1) is 18.7 Å². The van der Waals surface area contributed by atoms with Crippen LogP contribution < -0.4 is 0 Å². The van der Waals surface area contributed by atoms with Crippen LogP contribution in [0.1, 0.15) is 38.5 Å². The van der Waals surface area contributed by atoms with Gasteiger partial charge in [0.15, 0.2) is 0 Å². The van der Waals surface area contributed by atoms with Gasteiger partial charge in [0.2, 0.25) is 0 Å². The van der Waals surface area contributed by atoms with E-state index in [4.69, 9.17) is 18.9 Å². The minimum absolute atomic E-state index is 0.732. The smallest absolute Gasteiger partial charge is 0.308 e. The fourth-order valence-electron chi connectivity index (χ4n) is 4.91. The van der Waals surface area contributed by atoms with Crippen molar-refractivity contribution < 1.29 is 18.9 Å². The first kappa shape index (κ1) is 27.4. The normalized spacial score (nSPS) is 19.5. The topological polar surface area (TPSA) is 49.9 Å². The second kappa shape index (κ2) is 15.9. The molecule has 2 rings (SSSR count). The molecule has 184 valence electrons. The van der Waals surface area contributed by atoms with E-state index in [1.807, 2.05) is 28.4 Å². The molecule has 0 amide bonds. The molecule has 0 N–H and O–H groups in total. The number of piperidine rings is 2. The number of nitrogens with zero attached hydrogens (tertiary/aromatic N) is 4. The van der Waals surface area contributed by atoms with Crippen LogP contribution in [0.15, 0.2) is 0 Å². The molecule has 0 saturated carbocycles. The minimum atomic E-state index is -1.97. The molecule has 2 saturated heterocycles. The summed E-state index contributed by atoms with van der Waals surface area (Å²) in [5, 5.41) is 0. The summed E-state index contributed by atoms with van der Waals surface area (Å²) < 4.78 is 33.5. The minimum Gasteiger partial charge on any atom is -0.383 e. The van der Waals surface area contributed by atoms with Crippen molar-refractivity contribution in [2.75, 3.05) is 107 Å². The lowest BCUT2D eigenvalue weighted by atomic mass is 10.2. The van der Waals surface area contributed by atoms with E-state index >= 15 is 0 Å². The second-order valence-corrected chi connectivity index (χ2v) is 11.8. The molecule has 0 aliphatic carbocycles. The summed E-state index contributed by atoms with van der Waals surface area (Å²) in [5.41, 5.74) is 0. The highest BCUT2D eigenvalue weighted by Gasteiger charge is 2.61. The number of hydrogen-bond donors (Lipinski definition) is 0. The van der Waals surface area contributed by atoms with Crippen LogP contribution >= 0.6 is 7.87 Å². The summed E-state index contributed by atoms with van der Waals surface area (Å²) in [7, 11) is 5.27. The third-order valence-corrected chi connectivity index (χ3v) is 11.0. The summed E-state index contributed by atoms with van der Waals surface area (Å²) in [6, 6.07) is 0. The maximum atomic E-state index is 5.59. The number of rotatable bonds is 16. The van der Waals surface area contributed by atoms with E-state index in [0.29, 0.717) is 0 Å². The van der Waals surface area contributed by atoms with Crippen molar-refractivity contribution >= 4 is 7.87 Å². The number of hydrogen-bond acceptors (Lipinski definition) is 8. The number of ether oxygens (including phenoxy) is 4. The molecule has 31 heavy (non-hydrogen) atoms. The van der Waals surface area contributed by atoms with Gasteiger partial charge in [-0.1, -0.05) is 12.8 Å². The fraction of sp³-hybridized carbons (Fsp3) is 1.00. The van der Waals surface area contributed by atoms with Gasteiger partial charge in [-0.2, -0.15) is 0 Å². The van der Waals surface area contributed by atoms with Gasteiger partial charge < -0.3 is 18.9 Å². The maximum Gasteiger partial charge on any atom is 0.308 e. The van der Waals surface area contributed by atoms with E-state index in [-0.39, 0.29) is 0 Å². The molecule has 9 heteroatoms. The van der Waals surface area contributed by atoms with Crippen molar-refractivity contribution in [3.63, 3.8) is 0 Å². The molecule has 0 aromatic heterocycles. The first-order valence-corrected chi connectivity index (χ1v) is 13.7. The maximum absolute atomic E-state index is 5.59. The third kappa shape index (κ3) is 7.56. The largest absolute Gasteiger partial charge is 0.383 e. The zero-order valence-electron chi connectivity index (χ0n) is 20.6. The highest BCUT2D eigenvalue weighted by atomic mass is 31.2. The third-order valence-electron chi connectivity index (χ3n) is 6.40. The molecule has 2 aliphatic heterocycles. The van der Waals surface area contributed by atoms with Crippen LogP contribution in [0.25, 0.3) is 0 Å². The molecule has 8 nitrogen and oxygen atoms in total. The molecule has 0 unspecified atom stereocenters. The van der Waals surface area contributed by atoms with Gasteiger partial charge in [0, 0.05) is 54.6 Å². The highest BCUT2D eigenvalue weighted by molar-refractivity contribution is 7.66. The van der Waals surface area contributed by atoms with Gasteiger partial charge >= 0.3 is 7.87 Å². The van der Waals surface area contributed by atoms with Crippen LogP contribution in [0.2, 0.25) is 0 Å². The van der Waals surface area contributed by atoms with Crippen molar-refractivity contribution in [1.82, 2.24) is 18.7 Å². The summed E-state index contributed by atoms with van der Waals surface area (Å²) in [4.78, 5) is 0. The van der Waals surface area contributed by atoms with Gasteiger partial charge in [-0.25, -0.2) is 0 Å². The summed E-state index contributed by atoms with van der Waals surface area (Å²) in [6.07, 6.45) is 7.78. The van der Waals surface area contributed by atoms with Crippen LogP contribution in [0.3, 0.4) is 0 Å². The molecule has 0 bridgehead atoms. The Labute approximate surface area is 191 Å². The average Bonchev–Trinajstić information content (AvgIpc) is 2.83. The van der Waals surface area contributed by atoms with E-state index in [9.17, 15) is 0 Å². The summed E-state index contributed by atoms with van der Waals surface area (Å²) in [5.74, 6) is 0. The van der Waals surface area contributed by atoms with E-state index < -0.39 is 7.87 Å². The first-order chi connectivity index (χ1) is 15.2. The lowest BCUT2D eigenvalue weighted by Crippen LogP contribution is -2.57. The zero-order chi connectivity index (χ0) is 22.4. The van der Waals surface area contributed by atoms with E-state index in [1.165, 1.54) is 38.5 Å². The Morgan fingerprint density at radius 2 is 0.806 bits per heavy atom. The van der Waals surface area contributed by atoms with E-state index in [1.54, 1.807) is 0 Å². The quantitative estimate of drug-likeness (QED) is 0.324. The molecule has 0 radical (unpaired) electrons. The van der Waals surface area contributed by atoms with Gasteiger partial charge in [0.25, 0.3) is 0 Å². The van der Waals surface area contributed by atoms with E-state index in [2.05, 4.69) is 18.7 Å². The molecule has 0 aromatic carbocycles. The molecule has 2 aliphatic rings. The molecule has 0 atom stereocenters. The molecule has 2 fully saturated rings. The molecular formula is C22H48N4O4P+. The Bertz CT molecular complexity index is 395. The first-order valence-electron chi connectivity index (χ1n) is 12.1. The van der Waals surface area contributed by atoms with Crippen molar-refractivity contribution in [1.29, 1.82) is 0 Å².